The first-order valence-electron chi connectivity index (χ1n) is 6.01. The molecule has 0 atom stereocenters. The second-order valence-corrected chi connectivity index (χ2v) is 6.17. The fraction of sp³-hybridized carbons (Fsp3) is 0.417. The van der Waals surface area contributed by atoms with E-state index in [-0.39, 0.29) is 0 Å². The lowest BCUT2D eigenvalue weighted by atomic mass is 10.2. The number of hydrogen-bond donors (Lipinski definition) is 3. The molecule has 4 N–H and O–H groups in total. The quantitative estimate of drug-likeness (QED) is 0.315. The summed E-state index contributed by atoms with van der Waals surface area (Å²) < 4.78 is 22.6. The molecule has 0 aromatic heterocycles. The minimum Gasteiger partial charge on any atom is -0.355 e. The number of nitrogens with two attached hydrogens (primary N) is 1. The lowest BCUT2D eigenvalue weighted by Gasteiger charge is -2.07. The number of guanidine groups is 1. The maximum absolute atomic E-state index is 11.3. The first-order valence-corrected chi connectivity index (χ1v) is 7.90. The second-order valence-electron chi connectivity index (χ2n) is 4.15. The van der Waals surface area contributed by atoms with Crippen molar-refractivity contribution in [3.05, 3.63) is 29.8 Å². The zero-order valence-corrected chi connectivity index (χ0v) is 12.0. The average molecular weight is 284 g/mol. The van der Waals surface area contributed by atoms with Crippen molar-refractivity contribution in [3.63, 3.8) is 0 Å². The molecule has 0 amide bonds. The van der Waals surface area contributed by atoms with Gasteiger partial charge in [0.1, 0.15) is 0 Å². The van der Waals surface area contributed by atoms with E-state index in [4.69, 9.17) is 5.84 Å². The number of benzene rings is 1. The van der Waals surface area contributed by atoms with Crippen LogP contribution >= 0.6 is 0 Å². The van der Waals surface area contributed by atoms with Crippen LogP contribution in [0, 0.1) is 0 Å². The molecule has 0 heterocycles. The predicted octanol–water partition coefficient (Wildman–Crippen LogP) is 0.409. The Hall–Kier alpha value is -1.60. The Bertz CT molecular complexity index is 523. The molecule has 0 fully saturated rings. The lowest BCUT2D eigenvalue weighted by Crippen LogP contribution is -2.41. The molecule has 0 unspecified atom stereocenters. The monoisotopic (exact) mass is 284 g/mol. The molecule has 1 rings (SSSR count). The first-order chi connectivity index (χ1) is 8.97. The van der Waals surface area contributed by atoms with Crippen LogP contribution in [0.3, 0.4) is 0 Å². The zero-order chi connectivity index (χ0) is 14.3. The molecule has 0 saturated carbocycles. The molecule has 0 bridgehead atoms. The molecule has 19 heavy (non-hydrogen) atoms. The summed E-state index contributed by atoms with van der Waals surface area (Å²) in [6.45, 7) is 3.27. The van der Waals surface area contributed by atoms with Crippen LogP contribution in [-0.4, -0.2) is 27.2 Å². The van der Waals surface area contributed by atoms with Crippen molar-refractivity contribution in [1.82, 2.24) is 10.7 Å². The molecule has 0 aliphatic heterocycles. The van der Waals surface area contributed by atoms with Crippen LogP contribution < -0.4 is 16.6 Å². The largest absolute Gasteiger partial charge is 0.355 e. The van der Waals surface area contributed by atoms with Gasteiger partial charge < -0.3 is 5.32 Å². The Morgan fingerprint density at radius 2 is 1.95 bits per heavy atom. The van der Waals surface area contributed by atoms with Crippen molar-refractivity contribution in [1.29, 1.82) is 0 Å². The summed E-state index contributed by atoms with van der Waals surface area (Å²) >= 11 is 0. The highest BCUT2D eigenvalue weighted by Crippen LogP contribution is 2.10. The van der Waals surface area contributed by atoms with E-state index in [0.717, 1.165) is 18.5 Å². The predicted molar refractivity (Wildman–Crippen MR) is 76.3 cm³/mol. The fourth-order valence-electron chi connectivity index (χ4n) is 1.41. The van der Waals surface area contributed by atoms with Crippen LogP contribution in [0.15, 0.2) is 34.2 Å². The van der Waals surface area contributed by atoms with Gasteiger partial charge in [0.25, 0.3) is 0 Å². The van der Waals surface area contributed by atoms with Crippen LogP contribution in [0.1, 0.15) is 18.9 Å². The second kappa shape index (κ2) is 7.10. The minimum atomic E-state index is -3.15. The van der Waals surface area contributed by atoms with Crippen molar-refractivity contribution < 1.29 is 8.42 Å². The average Bonchev–Trinajstić information content (AvgIpc) is 2.38. The first kappa shape index (κ1) is 15.5. The van der Waals surface area contributed by atoms with E-state index in [1.807, 2.05) is 6.92 Å². The SMILES string of the molecule is CCCNC(=NCc1ccc(S(C)(=O)=O)cc1)NN. The molecular formula is C12H20N4O2S. The third kappa shape index (κ3) is 5.27. The van der Waals surface area contributed by atoms with Gasteiger partial charge in [-0.2, -0.15) is 0 Å². The van der Waals surface area contributed by atoms with Crippen molar-refractivity contribution >= 4 is 15.8 Å². The van der Waals surface area contributed by atoms with Gasteiger partial charge in [0.15, 0.2) is 9.84 Å². The van der Waals surface area contributed by atoms with Crippen molar-refractivity contribution in [2.45, 2.75) is 24.8 Å². The molecule has 0 radical (unpaired) electrons. The summed E-state index contributed by atoms with van der Waals surface area (Å²) in [6.07, 6.45) is 2.16. The summed E-state index contributed by atoms with van der Waals surface area (Å²) in [5.74, 6) is 5.86. The van der Waals surface area contributed by atoms with E-state index in [0.29, 0.717) is 17.4 Å². The van der Waals surface area contributed by atoms with Crippen LogP contribution in [0.25, 0.3) is 0 Å². The maximum atomic E-state index is 11.3. The summed E-state index contributed by atoms with van der Waals surface area (Å²) in [5.41, 5.74) is 3.40. The maximum Gasteiger partial charge on any atom is 0.206 e. The molecule has 1 aromatic rings. The molecule has 0 saturated heterocycles. The zero-order valence-electron chi connectivity index (χ0n) is 11.2. The summed E-state index contributed by atoms with van der Waals surface area (Å²) in [7, 11) is -3.15. The Kier molecular flexibility index (Phi) is 5.78. The van der Waals surface area contributed by atoms with E-state index in [9.17, 15) is 8.42 Å². The van der Waals surface area contributed by atoms with Crippen LogP contribution in [0.2, 0.25) is 0 Å². The fourth-order valence-corrected chi connectivity index (χ4v) is 2.04. The van der Waals surface area contributed by atoms with Gasteiger partial charge in [0.2, 0.25) is 5.96 Å². The van der Waals surface area contributed by atoms with Crippen LogP contribution in [0.4, 0.5) is 0 Å². The van der Waals surface area contributed by atoms with E-state index in [1.165, 1.54) is 6.26 Å². The van der Waals surface area contributed by atoms with Gasteiger partial charge in [0.05, 0.1) is 11.4 Å². The highest BCUT2D eigenvalue weighted by Gasteiger charge is 2.05. The van der Waals surface area contributed by atoms with Gasteiger partial charge in [-0.1, -0.05) is 19.1 Å². The molecule has 7 heteroatoms. The van der Waals surface area contributed by atoms with Gasteiger partial charge in [-0.3, -0.25) is 5.43 Å². The standard InChI is InChI=1S/C12H20N4O2S/c1-3-8-14-12(16-13)15-9-10-4-6-11(7-5-10)19(2,17)18/h4-7H,3,8-9,13H2,1-2H3,(H2,14,15,16). The van der Waals surface area contributed by atoms with E-state index < -0.39 is 9.84 Å². The number of nitrogens with zero attached hydrogens (tertiary/aromatic N) is 1. The van der Waals surface area contributed by atoms with Crippen LogP contribution in [0.5, 0.6) is 0 Å². The van der Waals surface area contributed by atoms with E-state index in [2.05, 4.69) is 15.7 Å². The lowest BCUT2D eigenvalue weighted by molar-refractivity contribution is 0.602. The number of hydrogen-bond acceptors (Lipinski definition) is 4. The molecule has 1 aromatic carbocycles. The van der Waals surface area contributed by atoms with Crippen molar-refractivity contribution in [2.24, 2.45) is 10.8 Å². The number of nitrogens with one attached hydrogen (secondary N) is 2. The molecule has 6 nitrogen and oxygen atoms in total. The Balaban J connectivity index is 2.70. The van der Waals surface area contributed by atoms with Gasteiger partial charge in [-0.25, -0.2) is 19.3 Å². The minimum absolute atomic E-state index is 0.307. The highest BCUT2D eigenvalue weighted by molar-refractivity contribution is 7.90. The van der Waals surface area contributed by atoms with Gasteiger partial charge in [0, 0.05) is 12.8 Å². The molecule has 0 aliphatic rings. The summed E-state index contributed by atoms with van der Waals surface area (Å²) in [4.78, 5) is 4.57. The van der Waals surface area contributed by atoms with E-state index in [1.54, 1.807) is 24.3 Å². The Morgan fingerprint density at radius 3 is 2.42 bits per heavy atom. The Morgan fingerprint density at radius 1 is 1.32 bits per heavy atom. The normalized spacial score (nSPS) is 12.3. The molecular weight excluding hydrogens is 264 g/mol. The van der Waals surface area contributed by atoms with Gasteiger partial charge in [-0.15, -0.1) is 0 Å². The van der Waals surface area contributed by atoms with Crippen molar-refractivity contribution in [3.8, 4) is 0 Å². The molecule has 0 aliphatic carbocycles. The molecule has 106 valence electrons. The topological polar surface area (TPSA) is 96.6 Å². The highest BCUT2D eigenvalue weighted by atomic mass is 32.2. The van der Waals surface area contributed by atoms with E-state index >= 15 is 0 Å². The summed E-state index contributed by atoms with van der Waals surface area (Å²) in [5, 5.41) is 3.04. The smallest absolute Gasteiger partial charge is 0.206 e. The van der Waals surface area contributed by atoms with Gasteiger partial charge >= 0.3 is 0 Å². The third-order valence-corrected chi connectivity index (χ3v) is 3.58. The summed E-state index contributed by atoms with van der Waals surface area (Å²) in [6, 6.07) is 6.64. The third-order valence-electron chi connectivity index (χ3n) is 2.45. The van der Waals surface area contributed by atoms with Crippen LogP contribution in [-0.2, 0) is 16.4 Å². The van der Waals surface area contributed by atoms with Crippen molar-refractivity contribution in [2.75, 3.05) is 12.8 Å². The number of aliphatic imine (C=N–C) groups is 1. The number of rotatable bonds is 5. The Labute approximate surface area is 114 Å². The number of hydrazine groups is 1. The number of sulfone groups is 1. The van der Waals surface area contributed by atoms with Gasteiger partial charge in [-0.05, 0) is 24.1 Å². The molecule has 0 spiro atoms.